The van der Waals surface area contributed by atoms with Gasteiger partial charge in [0.15, 0.2) is 0 Å². The van der Waals surface area contributed by atoms with Crippen LogP contribution < -0.4 is 10.2 Å². The van der Waals surface area contributed by atoms with E-state index in [1.54, 1.807) is 24.3 Å². The normalized spacial score (nSPS) is 17.9. The number of benzene rings is 2. The predicted molar refractivity (Wildman–Crippen MR) is 121 cm³/mol. The summed E-state index contributed by atoms with van der Waals surface area (Å²) in [5.41, 5.74) is 2.16. The van der Waals surface area contributed by atoms with Crippen LogP contribution in [0.4, 0.5) is 5.69 Å². The molecule has 164 valence electrons. The fourth-order valence-corrected chi connectivity index (χ4v) is 3.70. The van der Waals surface area contributed by atoms with Crippen molar-refractivity contribution >= 4 is 34.7 Å². The van der Waals surface area contributed by atoms with Gasteiger partial charge in [0, 0.05) is 50.0 Å². The van der Waals surface area contributed by atoms with Gasteiger partial charge in [-0.2, -0.15) is 0 Å². The lowest BCUT2D eigenvalue weighted by Crippen LogP contribution is -2.36. The van der Waals surface area contributed by atoms with Crippen LogP contribution >= 0.6 is 11.6 Å². The summed E-state index contributed by atoms with van der Waals surface area (Å²) in [5.74, 6) is -1.62. The molecule has 1 fully saturated rings. The summed E-state index contributed by atoms with van der Waals surface area (Å²) in [5, 5.41) is 23.5. The maximum absolute atomic E-state index is 12.9. The van der Waals surface area contributed by atoms with Crippen LogP contribution in [0.25, 0.3) is 5.76 Å². The first kappa shape index (κ1) is 22.8. The number of nitrogens with one attached hydrogen (secondary N) is 1. The Kier molecular flexibility index (Phi) is 7.33. The van der Waals surface area contributed by atoms with Gasteiger partial charge in [0.25, 0.3) is 11.7 Å². The number of Topliss-reactive ketones (excluding diaryl/α,β-unsaturated/α-hetero) is 1. The van der Waals surface area contributed by atoms with E-state index in [9.17, 15) is 14.7 Å². The van der Waals surface area contributed by atoms with Crippen molar-refractivity contribution in [3.05, 3.63) is 70.3 Å². The molecule has 1 aliphatic heterocycles. The standard InChI is InChI=1S/C23H26ClN3O4/c1-26(2)18-9-5-15(6-10-18)20-19(21(29)16-3-7-17(24)8-4-16)22(30)23(31)27(20)13-11-25-12-14-28/h3-10,20,25,28-29H,11-14H2,1-2H3/t20-/m1/s1. The summed E-state index contributed by atoms with van der Waals surface area (Å²) in [6.07, 6.45) is 0. The van der Waals surface area contributed by atoms with Crippen LogP contribution in [0.3, 0.4) is 0 Å². The molecule has 3 rings (SSSR count). The molecule has 7 nitrogen and oxygen atoms in total. The number of amides is 1. The number of rotatable bonds is 8. The lowest BCUT2D eigenvalue weighted by atomic mass is 9.95. The molecule has 1 saturated heterocycles. The van der Waals surface area contributed by atoms with Crippen molar-refractivity contribution in [1.82, 2.24) is 10.2 Å². The zero-order valence-electron chi connectivity index (χ0n) is 17.5. The molecular weight excluding hydrogens is 418 g/mol. The molecule has 0 saturated carbocycles. The molecule has 0 spiro atoms. The van der Waals surface area contributed by atoms with Crippen molar-refractivity contribution in [2.24, 2.45) is 0 Å². The molecule has 0 radical (unpaired) electrons. The second kappa shape index (κ2) is 9.96. The van der Waals surface area contributed by atoms with E-state index >= 15 is 0 Å². The molecule has 31 heavy (non-hydrogen) atoms. The number of aliphatic hydroxyl groups is 2. The van der Waals surface area contributed by atoms with E-state index in [1.807, 2.05) is 43.3 Å². The Morgan fingerprint density at radius 3 is 2.29 bits per heavy atom. The second-order valence-electron chi connectivity index (χ2n) is 7.46. The minimum Gasteiger partial charge on any atom is -0.507 e. The number of carbonyl (C=O) groups excluding carboxylic acids is 2. The summed E-state index contributed by atoms with van der Waals surface area (Å²) in [6, 6.07) is 13.3. The van der Waals surface area contributed by atoms with Crippen molar-refractivity contribution in [1.29, 1.82) is 0 Å². The van der Waals surface area contributed by atoms with Gasteiger partial charge in [-0.15, -0.1) is 0 Å². The first-order valence-electron chi connectivity index (χ1n) is 9.98. The van der Waals surface area contributed by atoms with Crippen molar-refractivity contribution in [2.45, 2.75) is 6.04 Å². The molecule has 0 aliphatic carbocycles. The quantitative estimate of drug-likeness (QED) is 0.251. The van der Waals surface area contributed by atoms with E-state index in [0.717, 1.165) is 11.3 Å². The third kappa shape index (κ3) is 4.90. The van der Waals surface area contributed by atoms with Crippen molar-refractivity contribution in [3.63, 3.8) is 0 Å². The largest absolute Gasteiger partial charge is 0.507 e. The molecule has 8 heteroatoms. The summed E-state index contributed by atoms with van der Waals surface area (Å²) in [6.45, 7) is 1.02. The van der Waals surface area contributed by atoms with E-state index in [1.165, 1.54) is 4.90 Å². The van der Waals surface area contributed by atoms with Crippen LogP contribution in [-0.4, -0.2) is 67.1 Å². The van der Waals surface area contributed by atoms with E-state index in [4.69, 9.17) is 16.7 Å². The minimum atomic E-state index is -0.726. The smallest absolute Gasteiger partial charge is 0.295 e. The Hall–Kier alpha value is -2.87. The average Bonchev–Trinajstić information content (AvgIpc) is 3.01. The van der Waals surface area contributed by atoms with E-state index in [2.05, 4.69) is 5.32 Å². The predicted octanol–water partition coefficient (Wildman–Crippen LogP) is 2.41. The third-order valence-electron chi connectivity index (χ3n) is 5.20. The summed E-state index contributed by atoms with van der Waals surface area (Å²) in [7, 11) is 3.85. The van der Waals surface area contributed by atoms with Crippen LogP contribution in [0.2, 0.25) is 5.02 Å². The van der Waals surface area contributed by atoms with Crippen LogP contribution in [0, 0.1) is 0 Å². The first-order valence-corrected chi connectivity index (χ1v) is 10.4. The number of likely N-dealkylation sites (tertiary alicyclic amines) is 1. The number of aliphatic hydroxyl groups excluding tert-OH is 2. The minimum absolute atomic E-state index is 0.0230. The van der Waals surface area contributed by atoms with Gasteiger partial charge in [0.1, 0.15) is 5.76 Å². The Balaban J connectivity index is 2.06. The Bertz CT molecular complexity index is 971. The topological polar surface area (TPSA) is 93.1 Å². The van der Waals surface area contributed by atoms with Gasteiger partial charge in [-0.05, 0) is 42.0 Å². The zero-order valence-corrected chi connectivity index (χ0v) is 18.3. The number of nitrogens with zero attached hydrogens (tertiary/aromatic N) is 2. The van der Waals surface area contributed by atoms with Gasteiger partial charge in [0.05, 0.1) is 18.2 Å². The third-order valence-corrected chi connectivity index (χ3v) is 5.45. The monoisotopic (exact) mass is 443 g/mol. The van der Waals surface area contributed by atoms with Crippen molar-refractivity contribution in [2.75, 3.05) is 45.2 Å². The molecule has 1 aliphatic rings. The van der Waals surface area contributed by atoms with Gasteiger partial charge in [-0.1, -0.05) is 23.7 Å². The number of anilines is 1. The highest BCUT2D eigenvalue weighted by Crippen LogP contribution is 2.39. The van der Waals surface area contributed by atoms with Crippen LogP contribution in [0.15, 0.2) is 54.1 Å². The van der Waals surface area contributed by atoms with E-state index < -0.39 is 17.7 Å². The van der Waals surface area contributed by atoms with Crippen LogP contribution in [0.5, 0.6) is 0 Å². The molecule has 3 N–H and O–H groups in total. The lowest BCUT2D eigenvalue weighted by Gasteiger charge is -2.26. The Morgan fingerprint density at radius 2 is 1.71 bits per heavy atom. The Morgan fingerprint density at radius 1 is 1.06 bits per heavy atom. The summed E-state index contributed by atoms with van der Waals surface area (Å²) < 4.78 is 0. The Labute approximate surface area is 186 Å². The van der Waals surface area contributed by atoms with Crippen LogP contribution in [-0.2, 0) is 9.59 Å². The lowest BCUT2D eigenvalue weighted by molar-refractivity contribution is -0.139. The fourth-order valence-electron chi connectivity index (χ4n) is 3.58. The number of hydrogen-bond donors (Lipinski definition) is 3. The van der Waals surface area contributed by atoms with E-state index in [-0.39, 0.29) is 24.5 Å². The highest BCUT2D eigenvalue weighted by atomic mass is 35.5. The SMILES string of the molecule is CN(C)c1ccc([C@@H]2C(=C(O)c3ccc(Cl)cc3)C(=O)C(=O)N2CCNCCO)cc1. The molecule has 2 aromatic rings. The number of hydrogen-bond acceptors (Lipinski definition) is 6. The molecular formula is C23H26ClN3O4. The van der Waals surface area contributed by atoms with Gasteiger partial charge in [0.2, 0.25) is 0 Å². The zero-order chi connectivity index (χ0) is 22.5. The van der Waals surface area contributed by atoms with Gasteiger partial charge >= 0.3 is 0 Å². The van der Waals surface area contributed by atoms with Crippen molar-refractivity contribution < 1.29 is 19.8 Å². The summed E-state index contributed by atoms with van der Waals surface area (Å²) in [4.78, 5) is 29.2. The maximum Gasteiger partial charge on any atom is 0.295 e. The van der Waals surface area contributed by atoms with Crippen molar-refractivity contribution in [3.8, 4) is 0 Å². The van der Waals surface area contributed by atoms with Crippen LogP contribution in [0.1, 0.15) is 17.2 Å². The molecule has 1 heterocycles. The molecule has 2 aromatic carbocycles. The number of halogens is 1. The molecule has 0 bridgehead atoms. The highest BCUT2D eigenvalue weighted by molar-refractivity contribution is 6.46. The number of carbonyl (C=O) groups is 2. The van der Waals surface area contributed by atoms with E-state index in [0.29, 0.717) is 23.7 Å². The highest BCUT2D eigenvalue weighted by Gasteiger charge is 2.45. The second-order valence-corrected chi connectivity index (χ2v) is 7.90. The first-order chi connectivity index (χ1) is 14.8. The van der Waals surface area contributed by atoms with Gasteiger partial charge in [-0.3, -0.25) is 9.59 Å². The molecule has 0 aromatic heterocycles. The molecule has 1 atom stereocenters. The number of ketones is 1. The maximum atomic E-state index is 12.9. The molecule has 0 unspecified atom stereocenters. The fraction of sp³-hybridized carbons (Fsp3) is 0.304. The average molecular weight is 444 g/mol. The van der Waals surface area contributed by atoms with Gasteiger partial charge in [-0.25, -0.2) is 0 Å². The molecule has 1 amide bonds. The summed E-state index contributed by atoms with van der Waals surface area (Å²) >= 11 is 5.94. The van der Waals surface area contributed by atoms with Gasteiger partial charge < -0.3 is 25.3 Å².